The molecule has 0 saturated carbocycles. The molecule has 1 aromatic heterocycles. The van der Waals surface area contributed by atoms with Crippen molar-refractivity contribution < 1.29 is 24.5 Å². The minimum absolute atomic E-state index is 0.0970. The highest BCUT2D eigenvalue weighted by molar-refractivity contribution is 5.89. The van der Waals surface area contributed by atoms with Gasteiger partial charge in [-0.2, -0.15) is 0 Å². The summed E-state index contributed by atoms with van der Waals surface area (Å²) < 4.78 is 5.24. The lowest BCUT2D eigenvalue weighted by Crippen LogP contribution is -2.69. The van der Waals surface area contributed by atoms with Crippen LogP contribution in [0, 0.1) is 5.92 Å². The lowest BCUT2D eigenvalue weighted by molar-refractivity contribution is -0.134. The van der Waals surface area contributed by atoms with Crippen molar-refractivity contribution in [3.63, 3.8) is 0 Å². The number of pyridine rings is 1. The first-order valence-corrected chi connectivity index (χ1v) is 7.57. The number of fused-ring (bicyclic) bond motifs is 1. The Labute approximate surface area is 139 Å². The second-order valence-corrected chi connectivity index (χ2v) is 5.64. The van der Waals surface area contributed by atoms with Gasteiger partial charge in [-0.05, 0) is 30.5 Å². The van der Waals surface area contributed by atoms with E-state index in [9.17, 15) is 9.59 Å². The molecule has 8 heteroatoms. The van der Waals surface area contributed by atoms with Crippen molar-refractivity contribution in [1.82, 2.24) is 15.6 Å². The van der Waals surface area contributed by atoms with E-state index in [1.165, 1.54) is 12.0 Å². The standard InChI is InChI=1S/C12H17N3O.C4H4O4/c1-16-11-4-10(5-14-7-11)12-8-13-3-2-9(12)6-15-12;5-3(6)1-2-4(7)8/h4-5,7,9,13,15H,2-3,6,8H2,1H3;1-2H,(H,5,6)(H,7,8)/b;2-1+/t9-,12+;/m1./s1. The molecule has 2 aliphatic heterocycles. The molecule has 24 heavy (non-hydrogen) atoms. The number of carbonyl (C=O) groups is 2. The molecule has 0 aromatic carbocycles. The zero-order valence-corrected chi connectivity index (χ0v) is 13.4. The lowest BCUT2D eigenvalue weighted by Gasteiger charge is -2.54. The number of aromatic nitrogens is 1. The maximum atomic E-state index is 9.55. The van der Waals surface area contributed by atoms with Gasteiger partial charge < -0.3 is 25.6 Å². The molecular weight excluding hydrogens is 314 g/mol. The SMILES string of the molecule is COc1cncc([C@]23CNCC[C@@H]2CN3)c1.O=C(O)/C=C/C(=O)O. The van der Waals surface area contributed by atoms with Crippen LogP contribution in [-0.2, 0) is 15.1 Å². The summed E-state index contributed by atoms with van der Waals surface area (Å²) in [6, 6.07) is 2.10. The van der Waals surface area contributed by atoms with E-state index in [1.54, 1.807) is 13.3 Å². The molecule has 0 radical (unpaired) electrons. The van der Waals surface area contributed by atoms with Crippen LogP contribution in [-0.4, -0.2) is 53.9 Å². The number of ether oxygens (including phenoxy) is 1. The van der Waals surface area contributed by atoms with Gasteiger partial charge >= 0.3 is 11.9 Å². The van der Waals surface area contributed by atoms with E-state index >= 15 is 0 Å². The lowest BCUT2D eigenvalue weighted by atomic mass is 9.68. The molecule has 3 rings (SSSR count). The number of methoxy groups -OCH3 is 1. The number of rotatable bonds is 4. The van der Waals surface area contributed by atoms with Crippen LogP contribution in [0.1, 0.15) is 12.0 Å². The summed E-state index contributed by atoms with van der Waals surface area (Å²) in [5.74, 6) is -0.938. The largest absolute Gasteiger partial charge is 0.495 e. The summed E-state index contributed by atoms with van der Waals surface area (Å²) in [6.07, 6.45) is 6.06. The Hall–Kier alpha value is -2.45. The van der Waals surface area contributed by atoms with Crippen LogP contribution in [0.2, 0.25) is 0 Å². The molecule has 2 fully saturated rings. The second-order valence-electron chi connectivity index (χ2n) is 5.64. The Kier molecular flexibility index (Phi) is 5.88. The fourth-order valence-electron chi connectivity index (χ4n) is 2.97. The van der Waals surface area contributed by atoms with Gasteiger partial charge in [0.1, 0.15) is 5.75 Å². The Morgan fingerprint density at radius 1 is 1.33 bits per heavy atom. The molecule has 0 unspecified atom stereocenters. The topological polar surface area (TPSA) is 121 Å². The molecule has 4 N–H and O–H groups in total. The van der Waals surface area contributed by atoms with Crippen molar-refractivity contribution in [3.05, 3.63) is 36.2 Å². The fourth-order valence-corrected chi connectivity index (χ4v) is 2.97. The normalized spacial score (nSPS) is 25.0. The minimum atomic E-state index is -1.26. The predicted molar refractivity (Wildman–Crippen MR) is 85.9 cm³/mol. The Bertz CT molecular complexity index is 618. The van der Waals surface area contributed by atoms with E-state index < -0.39 is 11.9 Å². The zero-order valence-electron chi connectivity index (χ0n) is 13.4. The zero-order chi connectivity index (χ0) is 17.6. The highest BCUT2D eigenvalue weighted by Crippen LogP contribution is 2.40. The number of piperidine rings is 1. The van der Waals surface area contributed by atoms with Gasteiger partial charge in [-0.15, -0.1) is 0 Å². The summed E-state index contributed by atoms with van der Waals surface area (Å²) in [5, 5.41) is 22.7. The molecule has 1 aromatic rings. The van der Waals surface area contributed by atoms with Gasteiger partial charge in [0.05, 0.1) is 18.8 Å². The van der Waals surface area contributed by atoms with Crippen molar-refractivity contribution in [2.24, 2.45) is 5.92 Å². The quantitative estimate of drug-likeness (QED) is 0.576. The molecule has 8 nitrogen and oxygen atoms in total. The van der Waals surface area contributed by atoms with Crippen molar-refractivity contribution in [2.75, 3.05) is 26.7 Å². The van der Waals surface area contributed by atoms with Crippen LogP contribution in [0.3, 0.4) is 0 Å². The molecular formula is C16H21N3O5. The van der Waals surface area contributed by atoms with Gasteiger partial charge in [0, 0.05) is 31.4 Å². The van der Waals surface area contributed by atoms with Gasteiger partial charge in [0.25, 0.3) is 0 Å². The number of hydrogen-bond acceptors (Lipinski definition) is 6. The van der Waals surface area contributed by atoms with Gasteiger partial charge in [-0.3, -0.25) is 4.98 Å². The summed E-state index contributed by atoms with van der Waals surface area (Å²) in [6.45, 7) is 3.25. The molecule has 0 amide bonds. The Balaban J connectivity index is 0.000000224. The van der Waals surface area contributed by atoms with E-state index in [-0.39, 0.29) is 5.54 Å². The third-order valence-corrected chi connectivity index (χ3v) is 4.27. The highest BCUT2D eigenvalue weighted by atomic mass is 16.5. The molecule has 2 saturated heterocycles. The number of carboxylic acids is 2. The first-order chi connectivity index (χ1) is 11.5. The average Bonchev–Trinajstić information content (AvgIpc) is 2.55. The van der Waals surface area contributed by atoms with E-state index in [2.05, 4.69) is 21.7 Å². The molecule has 2 aliphatic rings. The van der Waals surface area contributed by atoms with Crippen LogP contribution in [0.25, 0.3) is 0 Å². The maximum Gasteiger partial charge on any atom is 0.328 e. The third kappa shape index (κ3) is 4.09. The van der Waals surface area contributed by atoms with Gasteiger partial charge in [0.15, 0.2) is 0 Å². The summed E-state index contributed by atoms with van der Waals surface area (Å²) in [4.78, 5) is 23.4. The molecule has 0 spiro atoms. The van der Waals surface area contributed by atoms with Crippen molar-refractivity contribution in [2.45, 2.75) is 12.0 Å². The van der Waals surface area contributed by atoms with Gasteiger partial charge in [-0.1, -0.05) is 0 Å². The molecule has 0 aliphatic carbocycles. The summed E-state index contributed by atoms with van der Waals surface area (Å²) in [5.41, 5.74) is 1.34. The molecule has 2 atom stereocenters. The van der Waals surface area contributed by atoms with E-state index in [1.807, 2.05) is 6.20 Å². The minimum Gasteiger partial charge on any atom is -0.495 e. The number of nitrogens with one attached hydrogen (secondary N) is 2. The van der Waals surface area contributed by atoms with Gasteiger partial charge in [0.2, 0.25) is 0 Å². The van der Waals surface area contributed by atoms with E-state index in [0.717, 1.165) is 31.3 Å². The molecule has 3 heterocycles. The van der Waals surface area contributed by atoms with Crippen LogP contribution in [0.4, 0.5) is 0 Å². The predicted octanol–water partition coefficient (Wildman–Crippen LogP) is 0.210. The smallest absolute Gasteiger partial charge is 0.328 e. The first kappa shape index (κ1) is 17.9. The molecule has 0 bridgehead atoms. The number of carboxylic acid groups (broad SMARTS) is 2. The number of hydrogen-bond donors (Lipinski definition) is 4. The van der Waals surface area contributed by atoms with Crippen molar-refractivity contribution in [1.29, 1.82) is 0 Å². The van der Waals surface area contributed by atoms with Crippen LogP contribution >= 0.6 is 0 Å². The van der Waals surface area contributed by atoms with Crippen molar-refractivity contribution in [3.8, 4) is 5.75 Å². The third-order valence-electron chi connectivity index (χ3n) is 4.27. The summed E-state index contributed by atoms with van der Waals surface area (Å²) >= 11 is 0. The van der Waals surface area contributed by atoms with Crippen LogP contribution < -0.4 is 15.4 Å². The van der Waals surface area contributed by atoms with Crippen LogP contribution in [0.5, 0.6) is 5.75 Å². The number of aliphatic carboxylic acids is 2. The monoisotopic (exact) mass is 335 g/mol. The van der Waals surface area contributed by atoms with Gasteiger partial charge in [-0.25, -0.2) is 9.59 Å². The van der Waals surface area contributed by atoms with Crippen LogP contribution in [0.15, 0.2) is 30.6 Å². The average molecular weight is 335 g/mol. The maximum absolute atomic E-state index is 9.55. The Morgan fingerprint density at radius 3 is 2.54 bits per heavy atom. The Morgan fingerprint density at radius 2 is 2.04 bits per heavy atom. The second kappa shape index (κ2) is 7.89. The van der Waals surface area contributed by atoms with E-state index in [0.29, 0.717) is 12.2 Å². The fraction of sp³-hybridized carbons (Fsp3) is 0.438. The van der Waals surface area contributed by atoms with E-state index in [4.69, 9.17) is 14.9 Å². The van der Waals surface area contributed by atoms with Crippen molar-refractivity contribution >= 4 is 11.9 Å². The molecule has 130 valence electrons. The summed E-state index contributed by atoms with van der Waals surface area (Å²) in [7, 11) is 1.68. The highest BCUT2D eigenvalue weighted by Gasteiger charge is 2.49. The first-order valence-electron chi connectivity index (χ1n) is 7.57. The number of nitrogens with zero attached hydrogens (tertiary/aromatic N) is 1.